The molecule has 1 heterocycles. The molecule has 0 bridgehead atoms. The van der Waals surface area contributed by atoms with Crippen molar-refractivity contribution in [3.8, 4) is 0 Å². The SMILES string of the molecule is NC1(Cc2nn[nH]n2)CC1. The van der Waals surface area contributed by atoms with Crippen LogP contribution in [0.5, 0.6) is 0 Å². The number of aromatic nitrogens is 4. The molecule has 1 saturated carbocycles. The molecular weight excluding hydrogens is 130 g/mol. The van der Waals surface area contributed by atoms with Gasteiger partial charge in [0.05, 0.1) is 0 Å². The van der Waals surface area contributed by atoms with Crippen molar-refractivity contribution in [2.24, 2.45) is 5.73 Å². The summed E-state index contributed by atoms with van der Waals surface area (Å²) in [5.74, 6) is 0.722. The van der Waals surface area contributed by atoms with Gasteiger partial charge in [-0.25, -0.2) is 0 Å². The van der Waals surface area contributed by atoms with Crippen LogP contribution in [-0.2, 0) is 6.42 Å². The zero-order valence-corrected chi connectivity index (χ0v) is 5.54. The second-order valence-electron chi connectivity index (χ2n) is 2.87. The summed E-state index contributed by atoms with van der Waals surface area (Å²) in [5, 5.41) is 13.5. The molecule has 0 radical (unpaired) electrons. The van der Waals surface area contributed by atoms with Gasteiger partial charge >= 0.3 is 0 Å². The van der Waals surface area contributed by atoms with Gasteiger partial charge in [-0.2, -0.15) is 5.21 Å². The monoisotopic (exact) mass is 139 g/mol. The fraction of sp³-hybridized carbons (Fsp3) is 0.800. The van der Waals surface area contributed by atoms with Gasteiger partial charge in [0.1, 0.15) is 0 Å². The van der Waals surface area contributed by atoms with Crippen LogP contribution in [0.2, 0.25) is 0 Å². The van der Waals surface area contributed by atoms with E-state index in [0.29, 0.717) is 0 Å². The highest BCUT2D eigenvalue weighted by atomic mass is 15.5. The third-order valence-corrected chi connectivity index (χ3v) is 1.79. The van der Waals surface area contributed by atoms with Crippen LogP contribution in [0.3, 0.4) is 0 Å². The molecule has 5 nitrogen and oxygen atoms in total. The van der Waals surface area contributed by atoms with Crippen molar-refractivity contribution in [2.75, 3.05) is 0 Å². The van der Waals surface area contributed by atoms with Gasteiger partial charge < -0.3 is 5.73 Å². The molecule has 54 valence electrons. The molecule has 10 heavy (non-hydrogen) atoms. The van der Waals surface area contributed by atoms with Crippen molar-refractivity contribution in [3.63, 3.8) is 0 Å². The van der Waals surface area contributed by atoms with Gasteiger partial charge in [0.25, 0.3) is 0 Å². The van der Waals surface area contributed by atoms with Gasteiger partial charge in [-0.1, -0.05) is 5.21 Å². The summed E-state index contributed by atoms with van der Waals surface area (Å²) in [5.41, 5.74) is 5.81. The number of hydrogen-bond acceptors (Lipinski definition) is 4. The average molecular weight is 139 g/mol. The van der Waals surface area contributed by atoms with Crippen LogP contribution in [0.4, 0.5) is 0 Å². The number of tetrazole rings is 1. The van der Waals surface area contributed by atoms with E-state index in [1.165, 1.54) is 0 Å². The molecular formula is C5H9N5. The minimum atomic E-state index is -0.0100. The Morgan fingerprint density at radius 3 is 2.90 bits per heavy atom. The van der Waals surface area contributed by atoms with Crippen LogP contribution < -0.4 is 5.73 Å². The topological polar surface area (TPSA) is 80.5 Å². The number of aromatic amines is 1. The Morgan fingerprint density at radius 2 is 2.40 bits per heavy atom. The van der Waals surface area contributed by atoms with Gasteiger partial charge in [0.2, 0.25) is 0 Å². The normalized spacial score (nSPS) is 20.9. The Morgan fingerprint density at radius 1 is 1.60 bits per heavy atom. The van der Waals surface area contributed by atoms with E-state index in [1.54, 1.807) is 0 Å². The molecule has 0 saturated heterocycles. The lowest BCUT2D eigenvalue weighted by molar-refractivity contribution is 0.644. The first kappa shape index (κ1) is 5.79. The van der Waals surface area contributed by atoms with Crippen LogP contribution in [0.15, 0.2) is 0 Å². The molecule has 5 heteroatoms. The number of H-pyrrole nitrogens is 1. The maximum Gasteiger partial charge on any atom is 0.176 e. The molecule has 1 aromatic rings. The first-order valence-corrected chi connectivity index (χ1v) is 3.30. The molecule has 3 N–H and O–H groups in total. The lowest BCUT2D eigenvalue weighted by atomic mass is 10.2. The minimum Gasteiger partial charge on any atom is -0.325 e. The summed E-state index contributed by atoms with van der Waals surface area (Å²) in [7, 11) is 0. The minimum absolute atomic E-state index is 0.0100. The van der Waals surface area contributed by atoms with Crippen molar-refractivity contribution in [3.05, 3.63) is 5.82 Å². The number of nitrogens with two attached hydrogens (primary N) is 1. The lowest BCUT2D eigenvalue weighted by Crippen LogP contribution is -2.25. The number of rotatable bonds is 2. The van der Waals surface area contributed by atoms with Crippen LogP contribution in [-0.4, -0.2) is 26.2 Å². The van der Waals surface area contributed by atoms with Crippen molar-refractivity contribution in [1.29, 1.82) is 0 Å². The van der Waals surface area contributed by atoms with Crippen molar-refractivity contribution in [1.82, 2.24) is 20.6 Å². The van der Waals surface area contributed by atoms with Gasteiger partial charge in [0, 0.05) is 12.0 Å². The second-order valence-corrected chi connectivity index (χ2v) is 2.87. The quantitative estimate of drug-likeness (QED) is 0.564. The number of nitrogens with zero attached hydrogens (tertiary/aromatic N) is 3. The summed E-state index contributed by atoms with van der Waals surface area (Å²) in [4.78, 5) is 0. The van der Waals surface area contributed by atoms with E-state index in [1.807, 2.05) is 0 Å². The second kappa shape index (κ2) is 1.76. The van der Waals surface area contributed by atoms with Gasteiger partial charge in [-0.15, -0.1) is 10.2 Å². The molecule has 1 aliphatic carbocycles. The molecule has 2 rings (SSSR count). The average Bonchev–Trinajstić information content (AvgIpc) is 2.47. The summed E-state index contributed by atoms with van der Waals surface area (Å²) in [6, 6.07) is 0. The predicted molar refractivity (Wildman–Crippen MR) is 34.0 cm³/mol. The Balaban J connectivity index is 2.04. The molecule has 0 spiro atoms. The molecule has 0 unspecified atom stereocenters. The van der Waals surface area contributed by atoms with Crippen LogP contribution in [0, 0.1) is 0 Å². The maximum atomic E-state index is 5.82. The smallest absolute Gasteiger partial charge is 0.176 e. The highest BCUT2D eigenvalue weighted by Crippen LogP contribution is 2.34. The van der Waals surface area contributed by atoms with Gasteiger partial charge in [-0.05, 0) is 12.8 Å². The van der Waals surface area contributed by atoms with E-state index in [0.717, 1.165) is 25.1 Å². The third kappa shape index (κ3) is 0.995. The highest BCUT2D eigenvalue weighted by Gasteiger charge is 2.39. The molecule has 0 aromatic carbocycles. The highest BCUT2D eigenvalue weighted by molar-refractivity contribution is 5.04. The number of hydrogen-bond donors (Lipinski definition) is 2. The molecule has 0 amide bonds. The van der Waals surface area contributed by atoms with Crippen LogP contribution in [0.25, 0.3) is 0 Å². The van der Waals surface area contributed by atoms with Crippen LogP contribution in [0.1, 0.15) is 18.7 Å². The Labute approximate surface area is 58.0 Å². The standard InChI is InChI=1S/C5H9N5/c6-5(1-2-5)3-4-7-9-10-8-4/h1-3,6H2,(H,7,8,9,10). The Kier molecular flexibility index (Phi) is 1.02. The van der Waals surface area contributed by atoms with E-state index < -0.39 is 0 Å². The maximum absolute atomic E-state index is 5.82. The van der Waals surface area contributed by atoms with E-state index >= 15 is 0 Å². The zero-order chi connectivity index (χ0) is 7.03. The van der Waals surface area contributed by atoms with Crippen LogP contribution >= 0.6 is 0 Å². The van der Waals surface area contributed by atoms with Crippen molar-refractivity contribution in [2.45, 2.75) is 24.8 Å². The van der Waals surface area contributed by atoms with Crippen molar-refractivity contribution >= 4 is 0 Å². The first-order valence-electron chi connectivity index (χ1n) is 3.30. The van der Waals surface area contributed by atoms with Gasteiger partial charge in [0.15, 0.2) is 5.82 Å². The van der Waals surface area contributed by atoms with E-state index in [9.17, 15) is 0 Å². The summed E-state index contributed by atoms with van der Waals surface area (Å²) in [6.07, 6.45) is 2.92. The Bertz CT molecular complexity index is 212. The zero-order valence-electron chi connectivity index (χ0n) is 5.54. The molecule has 1 fully saturated rings. The first-order chi connectivity index (χ1) is 4.79. The predicted octanol–water partition coefficient (Wildman–Crippen LogP) is -0.767. The Hall–Kier alpha value is -0.970. The van der Waals surface area contributed by atoms with E-state index in [4.69, 9.17) is 5.73 Å². The lowest BCUT2D eigenvalue weighted by Gasteiger charge is -2.01. The summed E-state index contributed by atoms with van der Waals surface area (Å²) >= 11 is 0. The molecule has 1 aliphatic rings. The van der Waals surface area contributed by atoms with Gasteiger partial charge in [-0.3, -0.25) is 0 Å². The largest absolute Gasteiger partial charge is 0.325 e. The third-order valence-electron chi connectivity index (χ3n) is 1.79. The fourth-order valence-electron chi connectivity index (χ4n) is 0.910. The summed E-state index contributed by atoms with van der Waals surface area (Å²) < 4.78 is 0. The molecule has 0 aliphatic heterocycles. The number of nitrogens with one attached hydrogen (secondary N) is 1. The summed E-state index contributed by atoms with van der Waals surface area (Å²) in [6.45, 7) is 0. The van der Waals surface area contributed by atoms with E-state index in [2.05, 4.69) is 20.6 Å². The molecule has 0 atom stereocenters. The fourth-order valence-corrected chi connectivity index (χ4v) is 0.910. The van der Waals surface area contributed by atoms with E-state index in [-0.39, 0.29) is 5.54 Å². The molecule has 1 aromatic heterocycles. The van der Waals surface area contributed by atoms with Crippen molar-refractivity contribution < 1.29 is 0 Å².